The second kappa shape index (κ2) is 12.8. The Morgan fingerprint density at radius 2 is 0.740 bits per heavy atom. The Balaban J connectivity index is 1.15. The van der Waals surface area contributed by atoms with Gasteiger partial charge in [-0.05, 0) is 99.1 Å². The van der Waals surface area contributed by atoms with Gasteiger partial charge in [-0.15, -0.1) is 0 Å². The van der Waals surface area contributed by atoms with Gasteiger partial charge in [0.25, 0.3) is 0 Å². The second-order valence-electron chi connectivity index (χ2n) is 12.3. The Morgan fingerprint density at radius 3 is 1.28 bits per heavy atom. The zero-order valence-electron chi connectivity index (χ0n) is 31.1. The van der Waals surface area contributed by atoms with Gasteiger partial charge in [-0.3, -0.25) is 0 Å². The lowest BCUT2D eigenvalue weighted by atomic mass is 10.00. The van der Waals surface area contributed by atoms with Crippen LogP contribution in [0.25, 0.3) is 66.4 Å². The van der Waals surface area contributed by atoms with Gasteiger partial charge in [0.05, 0.1) is 5.48 Å². The van der Waals surface area contributed by atoms with Crippen LogP contribution in [0.4, 0.5) is 17.1 Å². The minimum atomic E-state index is -0.129. The molecule has 0 aliphatic carbocycles. The smallest absolute Gasteiger partial charge is 0.135 e. The fourth-order valence-electron chi connectivity index (χ4n) is 6.57. The summed E-state index contributed by atoms with van der Waals surface area (Å²) in [7, 11) is 0. The standard InChI is InChI=1S/C48H33NO/c1-3-9-34(10-4-1)36-15-17-37(18-16-36)39-21-28-43(29-22-39)49(42-26-19-38(20-27-42)35-11-5-2-6-12-35)44-30-23-40(24-31-44)41-25-32-48-46(33-41)45-13-7-8-14-47(45)50-48/h1-33H/i23D,24D,30D,31D. The quantitative estimate of drug-likeness (QED) is 0.172. The molecule has 9 aromatic rings. The Morgan fingerprint density at radius 1 is 0.320 bits per heavy atom. The van der Waals surface area contributed by atoms with E-state index in [0.29, 0.717) is 16.8 Å². The molecule has 8 aromatic carbocycles. The number of nitrogens with zero attached hydrogens (tertiary/aromatic N) is 1. The van der Waals surface area contributed by atoms with Crippen LogP contribution in [0.5, 0.6) is 0 Å². The molecule has 0 spiro atoms. The van der Waals surface area contributed by atoms with Gasteiger partial charge in [-0.25, -0.2) is 0 Å². The van der Waals surface area contributed by atoms with Gasteiger partial charge in [0.2, 0.25) is 0 Å². The Labute approximate surface area is 297 Å². The Hall–Kier alpha value is -6.64. The van der Waals surface area contributed by atoms with E-state index in [2.05, 4.69) is 48.5 Å². The first-order valence-corrected chi connectivity index (χ1v) is 16.7. The number of para-hydroxylation sites is 1. The molecule has 236 valence electrons. The molecule has 0 aliphatic heterocycles. The van der Waals surface area contributed by atoms with Crippen LogP contribution in [0.15, 0.2) is 205 Å². The largest absolute Gasteiger partial charge is 0.456 e. The number of furan rings is 1. The lowest BCUT2D eigenvalue weighted by Gasteiger charge is -2.26. The van der Waals surface area contributed by atoms with E-state index in [0.717, 1.165) is 55.4 Å². The maximum absolute atomic E-state index is 9.41. The highest BCUT2D eigenvalue weighted by atomic mass is 16.3. The molecule has 0 fully saturated rings. The van der Waals surface area contributed by atoms with Crippen molar-refractivity contribution in [3.8, 4) is 44.5 Å². The summed E-state index contributed by atoms with van der Waals surface area (Å²) < 4.78 is 43.4. The zero-order chi connectivity index (χ0) is 36.8. The molecular weight excluding hydrogens is 607 g/mol. The van der Waals surface area contributed by atoms with Crippen molar-refractivity contribution >= 4 is 39.0 Å². The molecule has 0 atom stereocenters. The van der Waals surface area contributed by atoms with Crippen LogP contribution >= 0.6 is 0 Å². The third-order valence-corrected chi connectivity index (χ3v) is 9.18. The highest BCUT2D eigenvalue weighted by Gasteiger charge is 2.15. The predicted molar refractivity (Wildman–Crippen MR) is 210 cm³/mol. The van der Waals surface area contributed by atoms with Crippen molar-refractivity contribution in [2.24, 2.45) is 0 Å². The van der Waals surface area contributed by atoms with Crippen LogP contribution in [-0.4, -0.2) is 0 Å². The van der Waals surface area contributed by atoms with E-state index >= 15 is 0 Å². The average Bonchev–Trinajstić information content (AvgIpc) is 3.61. The van der Waals surface area contributed by atoms with Crippen LogP contribution in [0, 0.1) is 0 Å². The topological polar surface area (TPSA) is 16.4 Å². The number of fused-ring (bicyclic) bond motifs is 3. The zero-order valence-corrected chi connectivity index (χ0v) is 27.1. The van der Waals surface area contributed by atoms with E-state index in [1.807, 2.05) is 126 Å². The lowest BCUT2D eigenvalue weighted by molar-refractivity contribution is 0.669. The third-order valence-electron chi connectivity index (χ3n) is 9.18. The Bertz CT molecular complexity index is 2750. The fourth-order valence-corrected chi connectivity index (χ4v) is 6.57. The van der Waals surface area contributed by atoms with Crippen molar-refractivity contribution in [3.63, 3.8) is 0 Å². The van der Waals surface area contributed by atoms with Gasteiger partial charge < -0.3 is 9.32 Å². The van der Waals surface area contributed by atoms with Crippen molar-refractivity contribution in [2.45, 2.75) is 0 Å². The number of anilines is 3. The van der Waals surface area contributed by atoms with Gasteiger partial charge in [0.1, 0.15) is 11.2 Å². The van der Waals surface area contributed by atoms with Crippen molar-refractivity contribution in [3.05, 3.63) is 200 Å². The first kappa shape index (κ1) is 25.4. The first-order valence-electron chi connectivity index (χ1n) is 18.7. The number of hydrogen-bond donors (Lipinski definition) is 0. The highest BCUT2D eigenvalue weighted by molar-refractivity contribution is 6.06. The molecule has 0 aliphatic rings. The summed E-state index contributed by atoms with van der Waals surface area (Å²) in [6, 6.07) is 57.7. The summed E-state index contributed by atoms with van der Waals surface area (Å²) in [5, 5.41) is 1.79. The highest BCUT2D eigenvalue weighted by Crippen LogP contribution is 2.39. The molecule has 0 bridgehead atoms. The fraction of sp³-hybridized carbons (Fsp3) is 0. The molecule has 1 heterocycles. The van der Waals surface area contributed by atoms with E-state index in [4.69, 9.17) is 4.42 Å². The van der Waals surface area contributed by atoms with E-state index in [1.165, 1.54) is 0 Å². The van der Waals surface area contributed by atoms with E-state index < -0.39 is 0 Å². The number of benzene rings is 8. The van der Waals surface area contributed by atoms with E-state index in [1.54, 1.807) is 6.07 Å². The molecule has 0 saturated heterocycles. The molecule has 9 rings (SSSR count). The SMILES string of the molecule is [2H]c1c([2H])c(N(c2ccc(-c3ccccc3)cc2)c2ccc(-c3ccc(-c4ccccc4)cc3)cc2)c([2H])c([2H])c1-c1ccc2oc3ccccc3c2c1. The first-order chi connectivity index (χ1) is 26.4. The lowest BCUT2D eigenvalue weighted by Crippen LogP contribution is -2.09. The molecular formula is C48H33NO. The molecule has 0 N–H and O–H groups in total. The minimum Gasteiger partial charge on any atom is -0.456 e. The minimum absolute atomic E-state index is 0.112. The van der Waals surface area contributed by atoms with Crippen molar-refractivity contribution < 1.29 is 9.90 Å². The van der Waals surface area contributed by atoms with Crippen LogP contribution in [0.1, 0.15) is 5.48 Å². The predicted octanol–water partition coefficient (Wildman–Crippen LogP) is 13.7. The van der Waals surface area contributed by atoms with Crippen molar-refractivity contribution in [1.82, 2.24) is 0 Å². The summed E-state index contributed by atoms with van der Waals surface area (Å²) in [6.07, 6.45) is 0. The molecule has 2 nitrogen and oxygen atoms in total. The molecule has 0 unspecified atom stereocenters. The van der Waals surface area contributed by atoms with Crippen molar-refractivity contribution in [2.75, 3.05) is 4.90 Å². The number of hydrogen-bond acceptors (Lipinski definition) is 2. The summed E-state index contributed by atoms with van der Waals surface area (Å²) >= 11 is 0. The van der Waals surface area contributed by atoms with Gasteiger partial charge in [0.15, 0.2) is 0 Å². The normalized spacial score (nSPS) is 12.3. The summed E-state index contributed by atoms with van der Waals surface area (Å²) in [5.74, 6) is 0. The molecule has 50 heavy (non-hydrogen) atoms. The van der Waals surface area contributed by atoms with E-state index in [9.17, 15) is 5.48 Å². The van der Waals surface area contributed by atoms with Gasteiger partial charge in [-0.2, -0.15) is 0 Å². The summed E-state index contributed by atoms with van der Waals surface area (Å²) in [4.78, 5) is 1.83. The molecule has 2 heteroatoms. The van der Waals surface area contributed by atoms with Gasteiger partial charge >= 0.3 is 0 Å². The third kappa shape index (κ3) is 5.63. The van der Waals surface area contributed by atoms with Crippen molar-refractivity contribution in [1.29, 1.82) is 0 Å². The number of rotatable bonds is 7. The van der Waals surface area contributed by atoms with E-state index in [-0.39, 0.29) is 35.4 Å². The van der Waals surface area contributed by atoms with Crippen LogP contribution in [-0.2, 0) is 0 Å². The molecule has 0 amide bonds. The maximum Gasteiger partial charge on any atom is 0.135 e. The van der Waals surface area contributed by atoms with Crippen LogP contribution < -0.4 is 4.90 Å². The van der Waals surface area contributed by atoms with Gasteiger partial charge in [-0.1, -0.05) is 146 Å². The Kier molecular flexibility index (Phi) is 6.48. The molecule has 0 saturated carbocycles. The summed E-state index contributed by atoms with van der Waals surface area (Å²) in [5.41, 5.74) is 10.4. The van der Waals surface area contributed by atoms with Crippen LogP contribution in [0.2, 0.25) is 0 Å². The van der Waals surface area contributed by atoms with Crippen LogP contribution in [0.3, 0.4) is 0 Å². The maximum atomic E-state index is 9.41. The molecule has 0 radical (unpaired) electrons. The summed E-state index contributed by atoms with van der Waals surface area (Å²) in [6.45, 7) is 0. The monoisotopic (exact) mass is 643 g/mol. The second-order valence-corrected chi connectivity index (χ2v) is 12.3. The average molecular weight is 644 g/mol. The molecule has 1 aromatic heterocycles. The van der Waals surface area contributed by atoms with Gasteiger partial charge in [0, 0.05) is 27.8 Å².